The summed E-state index contributed by atoms with van der Waals surface area (Å²) in [4.78, 5) is 12.5. The van der Waals surface area contributed by atoms with E-state index >= 15 is 0 Å². The van der Waals surface area contributed by atoms with Crippen molar-refractivity contribution in [3.63, 3.8) is 0 Å². The van der Waals surface area contributed by atoms with E-state index in [1.807, 2.05) is 6.92 Å². The fraction of sp³-hybridized carbons (Fsp3) is 0.833. The molecule has 0 spiro atoms. The summed E-state index contributed by atoms with van der Waals surface area (Å²) in [7, 11) is 0. The molecule has 1 amide bonds. The van der Waals surface area contributed by atoms with E-state index in [1.54, 1.807) is 4.90 Å². The molecule has 2 atom stereocenters. The molecule has 0 radical (unpaired) electrons. The molecule has 0 saturated carbocycles. The van der Waals surface area contributed by atoms with Gasteiger partial charge >= 0.3 is 0 Å². The molecule has 2 aliphatic heterocycles. The van der Waals surface area contributed by atoms with E-state index in [9.17, 15) is 4.79 Å². The predicted octanol–water partition coefficient (Wildman–Crippen LogP) is -0.0365. The van der Waals surface area contributed by atoms with Crippen LogP contribution >= 0.6 is 0 Å². The molecule has 9 heavy (non-hydrogen) atoms. The van der Waals surface area contributed by atoms with Gasteiger partial charge in [-0.05, 0) is 6.92 Å². The van der Waals surface area contributed by atoms with Crippen molar-refractivity contribution in [2.45, 2.75) is 25.7 Å². The zero-order valence-corrected chi connectivity index (χ0v) is 5.33. The van der Waals surface area contributed by atoms with Crippen LogP contribution in [-0.2, 0) is 9.53 Å². The van der Waals surface area contributed by atoms with Gasteiger partial charge in [-0.1, -0.05) is 0 Å². The minimum atomic E-state index is 0.132. The van der Waals surface area contributed by atoms with Gasteiger partial charge in [-0.3, -0.25) is 4.79 Å². The molecule has 0 bridgehead atoms. The van der Waals surface area contributed by atoms with E-state index in [0.717, 1.165) is 6.54 Å². The molecule has 2 aliphatic rings. The Morgan fingerprint density at radius 2 is 2.56 bits per heavy atom. The summed E-state index contributed by atoms with van der Waals surface area (Å²) in [6.45, 7) is 2.79. The molecule has 2 saturated heterocycles. The van der Waals surface area contributed by atoms with Crippen LogP contribution in [0.1, 0.15) is 13.3 Å². The molecule has 2 heterocycles. The third kappa shape index (κ3) is 0.580. The van der Waals surface area contributed by atoms with Gasteiger partial charge in [0, 0.05) is 6.54 Å². The minimum absolute atomic E-state index is 0.132. The molecule has 0 aromatic rings. The molecule has 0 aromatic heterocycles. The summed E-state index contributed by atoms with van der Waals surface area (Å²) >= 11 is 0. The number of fused-ring (bicyclic) bond motifs is 1. The largest absolute Gasteiger partial charge is 0.353 e. The lowest BCUT2D eigenvalue weighted by Crippen LogP contribution is -2.48. The Bertz CT molecular complexity index is 157. The van der Waals surface area contributed by atoms with Gasteiger partial charge in [0.05, 0.1) is 12.5 Å². The van der Waals surface area contributed by atoms with Crippen molar-refractivity contribution < 1.29 is 9.53 Å². The van der Waals surface area contributed by atoms with Gasteiger partial charge in [-0.15, -0.1) is 0 Å². The first-order valence-corrected chi connectivity index (χ1v) is 3.22. The highest BCUT2D eigenvalue weighted by atomic mass is 16.5. The van der Waals surface area contributed by atoms with Gasteiger partial charge in [0.2, 0.25) is 5.91 Å². The van der Waals surface area contributed by atoms with Gasteiger partial charge < -0.3 is 9.64 Å². The molecule has 50 valence electrons. The number of ether oxygens (including phenoxy) is 1. The molecule has 2 fully saturated rings. The predicted molar refractivity (Wildman–Crippen MR) is 30.7 cm³/mol. The number of nitrogens with zero attached hydrogens (tertiary/aromatic N) is 1. The third-order valence-electron chi connectivity index (χ3n) is 1.86. The zero-order chi connectivity index (χ0) is 6.43. The van der Waals surface area contributed by atoms with Crippen LogP contribution in [0.5, 0.6) is 0 Å². The first kappa shape index (κ1) is 5.23. The Labute approximate surface area is 53.6 Å². The number of rotatable bonds is 0. The second-order valence-electron chi connectivity index (χ2n) is 2.65. The Kier molecular flexibility index (Phi) is 0.858. The van der Waals surface area contributed by atoms with Crippen molar-refractivity contribution in [3.05, 3.63) is 0 Å². The SMILES string of the molecule is C[C@H]1CN2C(=O)C[C@H]2O1. The molecular weight excluding hydrogens is 118 g/mol. The van der Waals surface area contributed by atoms with E-state index in [4.69, 9.17) is 4.74 Å². The highest BCUT2D eigenvalue weighted by Crippen LogP contribution is 2.27. The number of hydrogen-bond donors (Lipinski definition) is 0. The van der Waals surface area contributed by atoms with Crippen LogP contribution in [0.4, 0.5) is 0 Å². The maximum absolute atomic E-state index is 10.7. The second-order valence-corrected chi connectivity index (χ2v) is 2.65. The maximum Gasteiger partial charge on any atom is 0.229 e. The second kappa shape index (κ2) is 1.48. The van der Waals surface area contributed by atoms with Crippen molar-refractivity contribution in [1.82, 2.24) is 4.90 Å². The fourth-order valence-electron chi connectivity index (χ4n) is 1.35. The van der Waals surface area contributed by atoms with Crippen LogP contribution in [0.2, 0.25) is 0 Å². The van der Waals surface area contributed by atoms with Crippen LogP contribution < -0.4 is 0 Å². The zero-order valence-electron chi connectivity index (χ0n) is 5.33. The Morgan fingerprint density at radius 3 is 3.00 bits per heavy atom. The maximum atomic E-state index is 10.7. The Morgan fingerprint density at radius 1 is 1.78 bits per heavy atom. The van der Waals surface area contributed by atoms with Crippen molar-refractivity contribution in [1.29, 1.82) is 0 Å². The first-order valence-electron chi connectivity index (χ1n) is 3.22. The van der Waals surface area contributed by atoms with Gasteiger partial charge in [-0.2, -0.15) is 0 Å². The molecule has 3 heteroatoms. The van der Waals surface area contributed by atoms with Crippen molar-refractivity contribution in [2.75, 3.05) is 6.54 Å². The highest BCUT2D eigenvalue weighted by Gasteiger charge is 2.43. The molecule has 0 N–H and O–H groups in total. The van der Waals surface area contributed by atoms with E-state index in [0.29, 0.717) is 6.42 Å². The number of β-lactam (4-membered cyclic amide) rings is 1. The molecule has 2 rings (SSSR count). The van der Waals surface area contributed by atoms with Gasteiger partial charge in [-0.25, -0.2) is 0 Å². The van der Waals surface area contributed by atoms with Crippen molar-refractivity contribution in [2.24, 2.45) is 0 Å². The fourth-order valence-corrected chi connectivity index (χ4v) is 1.35. The summed E-state index contributed by atoms with van der Waals surface area (Å²) in [6, 6.07) is 0. The Balaban J connectivity index is 2.08. The van der Waals surface area contributed by atoms with Crippen molar-refractivity contribution in [3.8, 4) is 0 Å². The minimum Gasteiger partial charge on any atom is -0.353 e. The number of carbonyl (C=O) groups is 1. The summed E-state index contributed by atoms with van der Waals surface area (Å²) in [5.41, 5.74) is 0. The standard InChI is InChI=1S/C6H9NO2/c1-4-3-7-5(8)2-6(7)9-4/h4,6H,2-3H2,1H3/t4-,6+/m0/s1. The summed E-state index contributed by atoms with van der Waals surface area (Å²) in [5, 5.41) is 0. The molecule has 0 unspecified atom stereocenters. The third-order valence-corrected chi connectivity index (χ3v) is 1.86. The van der Waals surface area contributed by atoms with Crippen LogP contribution in [0, 0.1) is 0 Å². The van der Waals surface area contributed by atoms with Crippen molar-refractivity contribution >= 4 is 5.91 Å². The molecule has 0 aliphatic carbocycles. The molecule has 0 aromatic carbocycles. The quantitative estimate of drug-likeness (QED) is 0.427. The van der Waals surface area contributed by atoms with Crippen LogP contribution in [0.3, 0.4) is 0 Å². The normalized spacial score (nSPS) is 40.6. The van der Waals surface area contributed by atoms with E-state index in [-0.39, 0.29) is 18.2 Å². The number of hydrogen-bond acceptors (Lipinski definition) is 2. The van der Waals surface area contributed by atoms with Gasteiger partial charge in [0.15, 0.2) is 0 Å². The van der Waals surface area contributed by atoms with E-state index < -0.39 is 0 Å². The van der Waals surface area contributed by atoms with E-state index in [1.165, 1.54) is 0 Å². The number of amides is 1. The van der Waals surface area contributed by atoms with Gasteiger partial charge in [0.25, 0.3) is 0 Å². The first-order chi connectivity index (χ1) is 4.27. The lowest BCUT2D eigenvalue weighted by molar-refractivity contribution is -0.156. The van der Waals surface area contributed by atoms with Crippen LogP contribution in [-0.4, -0.2) is 29.7 Å². The van der Waals surface area contributed by atoms with Gasteiger partial charge in [0.1, 0.15) is 6.23 Å². The summed E-state index contributed by atoms with van der Waals surface area (Å²) in [6.07, 6.45) is 0.985. The Hall–Kier alpha value is -0.570. The summed E-state index contributed by atoms with van der Waals surface area (Å²) < 4.78 is 5.34. The van der Waals surface area contributed by atoms with Crippen LogP contribution in [0.15, 0.2) is 0 Å². The van der Waals surface area contributed by atoms with E-state index in [2.05, 4.69) is 0 Å². The summed E-state index contributed by atoms with van der Waals surface area (Å²) in [5.74, 6) is 0.240. The average molecular weight is 127 g/mol. The topological polar surface area (TPSA) is 29.5 Å². The number of carbonyl (C=O) groups excluding carboxylic acids is 1. The smallest absolute Gasteiger partial charge is 0.229 e. The molecular formula is C6H9NO2. The monoisotopic (exact) mass is 127 g/mol. The lowest BCUT2D eigenvalue weighted by Gasteiger charge is -2.31. The highest BCUT2D eigenvalue weighted by molar-refractivity contribution is 5.82. The van der Waals surface area contributed by atoms with Crippen LogP contribution in [0.25, 0.3) is 0 Å². The molecule has 3 nitrogen and oxygen atoms in total. The lowest BCUT2D eigenvalue weighted by atomic mass is 10.2. The average Bonchev–Trinajstić information content (AvgIpc) is 2.08.